The van der Waals surface area contributed by atoms with E-state index in [-0.39, 0.29) is 22.7 Å². The molecular formula is C22H27NO7. The lowest BCUT2D eigenvalue weighted by molar-refractivity contribution is -0.136. The Balaban J connectivity index is 2.32. The zero-order chi connectivity index (χ0) is 22.2. The first-order valence-corrected chi connectivity index (χ1v) is 9.50. The summed E-state index contributed by atoms with van der Waals surface area (Å²) in [5, 5.41) is 0. The van der Waals surface area contributed by atoms with Crippen LogP contribution in [0.3, 0.4) is 0 Å². The van der Waals surface area contributed by atoms with Gasteiger partial charge in [-0.1, -0.05) is 19.9 Å². The molecule has 1 unspecified atom stereocenters. The monoisotopic (exact) mass is 417 g/mol. The third kappa shape index (κ3) is 3.46. The molecule has 1 aromatic carbocycles. The van der Waals surface area contributed by atoms with Crippen LogP contribution in [0, 0.1) is 5.41 Å². The van der Waals surface area contributed by atoms with Gasteiger partial charge in [-0.15, -0.1) is 0 Å². The average Bonchev–Trinajstić information content (AvgIpc) is 2.69. The average molecular weight is 417 g/mol. The van der Waals surface area contributed by atoms with Gasteiger partial charge >= 0.3 is 5.97 Å². The zero-order valence-electron chi connectivity index (χ0n) is 18.1. The third-order valence-corrected chi connectivity index (χ3v) is 5.41. The Morgan fingerprint density at radius 1 is 1.07 bits per heavy atom. The summed E-state index contributed by atoms with van der Waals surface area (Å²) in [5.74, 6) is -0.113. The van der Waals surface area contributed by atoms with Crippen molar-refractivity contribution in [2.75, 3.05) is 28.4 Å². The molecular weight excluding hydrogens is 390 g/mol. The van der Waals surface area contributed by atoms with Crippen molar-refractivity contribution in [3.05, 3.63) is 40.5 Å². The van der Waals surface area contributed by atoms with Crippen molar-refractivity contribution in [2.45, 2.75) is 32.6 Å². The second kappa shape index (κ2) is 7.93. The highest BCUT2D eigenvalue weighted by atomic mass is 16.5. The van der Waals surface area contributed by atoms with Crippen molar-refractivity contribution in [2.24, 2.45) is 11.1 Å². The summed E-state index contributed by atoms with van der Waals surface area (Å²) in [7, 11) is 5.72. The molecule has 0 aromatic heterocycles. The molecule has 2 aliphatic rings. The lowest BCUT2D eigenvalue weighted by atomic mass is 9.70. The molecule has 0 bridgehead atoms. The smallest absolute Gasteiger partial charge is 0.340 e. The quantitative estimate of drug-likeness (QED) is 0.729. The number of nitrogens with two attached hydrogens (primary N) is 1. The van der Waals surface area contributed by atoms with Gasteiger partial charge in [0.15, 0.2) is 17.3 Å². The minimum atomic E-state index is -0.820. The largest absolute Gasteiger partial charge is 0.493 e. The second-order valence-electron chi connectivity index (χ2n) is 8.01. The van der Waals surface area contributed by atoms with Crippen LogP contribution in [0.5, 0.6) is 17.2 Å². The molecule has 1 aliphatic carbocycles. The van der Waals surface area contributed by atoms with Crippen LogP contribution in [0.4, 0.5) is 0 Å². The normalized spacial score (nSPS) is 20.3. The van der Waals surface area contributed by atoms with Crippen LogP contribution in [0.2, 0.25) is 0 Å². The summed E-state index contributed by atoms with van der Waals surface area (Å²) in [6, 6.07) is 3.42. The number of rotatable bonds is 5. The molecule has 0 spiro atoms. The lowest BCUT2D eigenvalue weighted by Gasteiger charge is -2.38. The number of esters is 1. The van der Waals surface area contributed by atoms with Crippen LogP contribution in [-0.2, 0) is 19.1 Å². The van der Waals surface area contributed by atoms with Gasteiger partial charge in [-0.3, -0.25) is 4.79 Å². The lowest BCUT2D eigenvalue weighted by Crippen LogP contribution is -2.35. The summed E-state index contributed by atoms with van der Waals surface area (Å²) >= 11 is 0. The van der Waals surface area contributed by atoms with E-state index in [1.165, 1.54) is 28.4 Å². The van der Waals surface area contributed by atoms with Gasteiger partial charge < -0.3 is 29.4 Å². The number of ether oxygens (including phenoxy) is 5. The molecule has 30 heavy (non-hydrogen) atoms. The van der Waals surface area contributed by atoms with E-state index in [0.29, 0.717) is 47.0 Å². The van der Waals surface area contributed by atoms with Gasteiger partial charge in [-0.25, -0.2) is 4.79 Å². The molecule has 1 heterocycles. The van der Waals surface area contributed by atoms with Gasteiger partial charge in [-0.2, -0.15) is 0 Å². The Kier molecular flexibility index (Phi) is 5.70. The van der Waals surface area contributed by atoms with Crippen LogP contribution in [0.1, 0.15) is 38.2 Å². The van der Waals surface area contributed by atoms with Crippen molar-refractivity contribution in [3.63, 3.8) is 0 Å². The molecule has 2 N–H and O–H groups in total. The van der Waals surface area contributed by atoms with E-state index in [1.807, 2.05) is 13.8 Å². The van der Waals surface area contributed by atoms with E-state index in [1.54, 1.807) is 12.1 Å². The van der Waals surface area contributed by atoms with E-state index in [0.717, 1.165) is 0 Å². The third-order valence-electron chi connectivity index (χ3n) is 5.41. The first-order chi connectivity index (χ1) is 14.2. The molecule has 162 valence electrons. The molecule has 1 aliphatic heterocycles. The number of hydrogen-bond donors (Lipinski definition) is 1. The molecule has 8 nitrogen and oxygen atoms in total. The number of benzene rings is 1. The van der Waals surface area contributed by atoms with E-state index < -0.39 is 11.9 Å². The van der Waals surface area contributed by atoms with Crippen molar-refractivity contribution < 1.29 is 33.3 Å². The minimum absolute atomic E-state index is 0.0508. The predicted molar refractivity (Wildman–Crippen MR) is 108 cm³/mol. The molecule has 0 fully saturated rings. The van der Waals surface area contributed by atoms with Gasteiger partial charge in [0.05, 0.1) is 34.4 Å². The topological polar surface area (TPSA) is 106 Å². The van der Waals surface area contributed by atoms with Crippen LogP contribution >= 0.6 is 0 Å². The highest BCUT2D eigenvalue weighted by molar-refractivity contribution is 6.04. The molecule has 8 heteroatoms. The number of hydrogen-bond acceptors (Lipinski definition) is 8. The Morgan fingerprint density at radius 3 is 2.30 bits per heavy atom. The van der Waals surface area contributed by atoms with Crippen LogP contribution in [0.15, 0.2) is 34.9 Å². The number of carbonyl (C=O) groups is 2. The summed E-state index contributed by atoms with van der Waals surface area (Å²) in [5.41, 5.74) is 6.83. The number of carbonyl (C=O) groups excluding carboxylic acids is 2. The predicted octanol–water partition coefficient (Wildman–Crippen LogP) is 2.81. The van der Waals surface area contributed by atoms with E-state index >= 15 is 0 Å². The number of methoxy groups -OCH3 is 4. The maximum absolute atomic E-state index is 13.2. The maximum Gasteiger partial charge on any atom is 0.340 e. The Hall–Kier alpha value is -3.16. The van der Waals surface area contributed by atoms with Crippen LogP contribution in [-0.4, -0.2) is 40.2 Å². The Morgan fingerprint density at radius 2 is 1.73 bits per heavy atom. The summed E-state index contributed by atoms with van der Waals surface area (Å²) in [6.07, 6.45) is 0.824. The fraction of sp³-hybridized carbons (Fsp3) is 0.455. The molecule has 1 aromatic rings. The fourth-order valence-corrected chi connectivity index (χ4v) is 4.16. The molecule has 3 rings (SSSR count). The summed E-state index contributed by atoms with van der Waals surface area (Å²) < 4.78 is 27.2. The van der Waals surface area contributed by atoms with Crippen molar-refractivity contribution in [3.8, 4) is 17.2 Å². The second-order valence-corrected chi connectivity index (χ2v) is 8.01. The molecule has 0 saturated heterocycles. The van der Waals surface area contributed by atoms with Gasteiger partial charge in [-0.05, 0) is 11.5 Å². The van der Waals surface area contributed by atoms with Gasteiger partial charge in [0, 0.05) is 24.0 Å². The van der Waals surface area contributed by atoms with Crippen molar-refractivity contribution >= 4 is 11.8 Å². The Labute approximate surface area is 175 Å². The maximum atomic E-state index is 13.2. The number of allylic oxidation sites excluding steroid dienone is 2. The van der Waals surface area contributed by atoms with Crippen molar-refractivity contribution in [1.82, 2.24) is 0 Å². The highest BCUT2D eigenvalue weighted by Crippen LogP contribution is 2.52. The first-order valence-electron chi connectivity index (χ1n) is 9.50. The molecule has 0 amide bonds. The molecule has 1 atom stereocenters. The molecule has 0 saturated carbocycles. The number of Topliss-reactive ketones (excluding diaryl/α,β-unsaturated/α-hetero) is 1. The van der Waals surface area contributed by atoms with Crippen molar-refractivity contribution in [1.29, 1.82) is 0 Å². The Bertz CT molecular complexity index is 958. The standard InChI is InChI=1S/C22H27NO7/c1-22(2)9-12(24)16-14(10-22)30-20(23)17(21(25)29-6)15(16)11-7-8-13(26-3)19(28-5)18(11)27-4/h7-8,15H,9-10,23H2,1-6H3. The summed E-state index contributed by atoms with van der Waals surface area (Å²) in [4.78, 5) is 25.9. The van der Waals surface area contributed by atoms with E-state index in [4.69, 9.17) is 29.4 Å². The minimum Gasteiger partial charge on any atom is -0.493 e. The van der Waals surface area contributed by atoms with Gasteiger partial charge in [0.1, 0.15) is 11.3 Å². The zero-order valence-corrected chi connectivity index (χ0v) is 18.1. The van der Waals surface area contributed by atoms with Gasteiger partial charge in [0.25, 0.3) is 0 Å². The highest BCUT2D eigenvalue weighted by Gasteiger charge is 2.46. The van der Waals surface area contributed by atoms with E-state index in [2.05, 4.69) is 0 Å². The van der Waals surface area contributed by atoms with E-state index in [9.17, 15) is 9.59 Å². The molecule has 0 radical (unpaired) electrons. The van der Waals surface area contributed by atoms with Crippen LogP contribution in [0.25, 0.3) is 0 Å². The first kappa shape index (κ1) is 21.5. The fourth-order valence-electron chi connectivity index (χ4n) is 4.16. The van der Waals surface area contributed by atoms with Crippen LogP contribution < -0.4 is 19.9 Å². The number of ketones is 1. The SMILES string of the molecule is COC(=O)C1=C(N)OC2=C(C(=O)CC(C)(C)C2)C1c1ccc(OC)c(OC)c1OC. The van der Waals surface area contributed by atoms with Gasteiger partial charge in [0.2, 0.25) is 11.6 Å². The summed E-state index contributed by atoms with van der Waals surface area (Å²) in [6.45, 7) is 3.97.